The molecule has 0 aromatic carbocycles. The average molecular weight is 375 g/mol. The molecule has 1 atom stereocenters. The van der Waals surface area contributed by atoms with E-state index in [2.05, 4.69) is 15.3 Å². The van der Waals surface area contributed by atoms with Crippen LogP contribution in [0.15, 0.2) is 6.20 Å². The molecular weight excluding hydrogens is 346 g/mol. The van der Waals surface area contributed by atoms with Crippen molar-refractivity contribution in [3.05, 3.63) is 17.5 Å². The van der Waals surface area contributed by atoms with Crippen LogP contribution in [0.1, 0.15) is 47.7 Å². The summed E-state index contributed by atoms with van der Waals surface area (Å²) in [5, 5.41) is 2.84. The number of carbonyl (C=O) groups is 2. The highest BCUT2D eigenvalue weighted by molar-refractivity contribution is 5.95. The van der Waals surface area contributed by atoms with Crippen LogP contribution in [0.2, 0.25) is 0 Å². The van der Waals surface area contributed by atoms with Crippen LogP contribution in [-0.2, 0) is 9.53 Å². The lowest BCUT2D eigenvalue weighted by Crippen LogP contribution is -2.31. The van der Waals surface area contributed by atoms with Crippen LogP contribution in [0.5, 0.6) is 0 Å². The van der Waals surface area contributed by atoms with Crippen molar-refractivity contribution in [2.75, 3.05) is 52.3 Å². The first-order valence-electron chi connectivity index (χ1n) is 9.58. The molecule has 1 unspecified atom stereocenters. The van der Waals surface area contributed by atoms with Crippen LogP contribution in [0, 0.1) is 5.92 Å². The normalized spacial score (nSPS) is 19.2. The highest BCUT2D eigenvalue weighted by Gasteiger charge is 2.34. The van der Waals surface area contributed by atoms with Gasteiger partial charge in [-0.25, -0.2) is 9.97 Å². The van der Waals surface area contributed by atoms with Crippen LogP contribution in [0.3, 0.4) is 0 Å². The van der Waals surface area contributed by atoms with Crippen molar-refractivity contribution in [2.45, 2.75) is 31.6 Å². The van der Waals surface area contributed by atoms with Crippen molar-refractivity contribution in [1.82, 2.24) is 20.2 Å². The fraction of sp³-hybridized carbons (Fsp3) is 0.684. The summed E-state index contributed by atoms with van der Waals surface area (Å²) < 4.78 is 4.99. The minimum Gasteiger partial charge on any atom is -0.383 e. The number of amides is 2. The molecule has 0 radical (unpaired) electrons. The minimum atomic E-state index is -0.199. The molecule has 1 aromatic rings. The molecule has 1 saturated heterocycles. The molecule has 2 aliphatic rings. The second-order valence-corrected chi connectivity index (χ2v) is 7.58. The predicted octanol–water partition coefficient (Wildman–Crippen LogP) is 1.03. The molecule has 0 spiro atoms. The van der Waals surface area contributed by atoms with Gasteiger partial charge in [0.1, 0.15) is 0 Å². The van der Waals surface area contributed by atoms with E-state index >= 15 is 0 Å². The van der Waals surface area contributed by atoms with Crippen molar-refractivity contribution in [3.63, 3.8) is 0 Å². The van der Waals surface area contributed by atoms with Crippen molar-refractivity contribution in [3.8, 4) is 0 Å². The van der Waals surface area contributed by atoms with Gasteiger partial charge in [0.15, 0.2) is 0 Å². The number of methoxy groups -OCH3 is 1. The fourth-order valence-corrected chi connectivity index (χ4v) is 3.36. The van der Waals surface area contributed by atoms with Gasteiger partial charge in [-0.3, -0.25) is 9.59 Å². The molecule has 8 nitrogen and oxygen atoms in total. The molecule has 1 saturated carbocycles. The van der Waals surface area contributed by atoms with E-state index in [0.717, 1.165) is 18.7 Å². The summed E-state index contributed by atoms with van der Waals surface area (Å²) in [5.41, 5.74) is 1.21. The monoisotopic (exact) mass is 375 g/mol. The van der Waals surface area contributed by atoms with Crippen LogP contribution < -0.4 is 10.2 Å². The van der Waals surface area contributed by atoms with Gasteiger partial charge in [-0.1, -0.05) is 0 Å². The highest BCUT2D eigenvalue weighted by Crippen LogP contribution is 2.35. The summed E-state index contributed by atoms with van der Waals surface area (Å²) in [5.74, 6) is 1.24. The lowest BCUT2D eigenvalue weighted by Gasteiger charge is -2.19. The zero-order chi connectivity index (χ0) is 19.4. The van der Waals surface area contributed by atoms with E-state index < -0.39 is 0 Å². The molecule has 1 aromatic heterocycles. The molecule has 27 heavy (non-hydrogen) atoms. The molecular formula is C19H29N5O3. The second kappa shape index (κ2) is 8.65. The number of nitrogens with zero attached hydrogens (tertiary/aromatic N) is 4. The number of rotatable bonds is 8. The first-order chi connectivity index (χ1) is 13.0. The summed E-state index contributed by atoms with van der Waals surface area (Å²) in [6, 6.07) is 0. The van der Waals surface area contributed by atoms with Gasteiger partial charge >= 0.3 is 0 Å². The quantitative estimate of drug-likeness (QED) is 0.683. The van der Waals surface area contributed by atoms with Crippen molar-refractivity contribution in [2.24, 2.45) is 5.92 Å². The van der Waals surface area contributed by atoms with E-state index in [1.165, 1.54) is 12.8 Å². The summed E-state index contributed by atoms with van der Waals surface area (Å²) >= 11 is 0. The number of hydrogen-bond acceptors (Lipinski definition) is 6. The highest BCUT2D eigenvalue weighted by atomic mass is 16.5. The van der Waals surface area contributed by atoms with E-state index in [0.29, 0.717) is 43.5 Å². The van der Waals surface area contributed by atoms with Gasteiger partial charge in [-0.05, 0) is 25.2 Å². The zero-order valence-corrected chi connectivity index (χ0v) is 16.4. The Hall–Kier alpha value is -2.22. The lowest BCUT2D eigenvalue weighted by molar-refractivity contribution is -0.130. The molecule has 1 N–H and O–H groups in total. The minimum absolute atomic E-state index is 0.0537. The molecule has 1 aliphatic carbocycles. The zero-order valence-electron chi connectivity index (χ0n) is 16.4. The molecule has 2 fully saturated rings. The summed E-state index contributed by atoms with van der Waals surface area (Å²) in [7, 11) is 5.34. The number of nitrogens with one attached hydrogen (secondary N) is 1. The third-order valence-electron chi connectivity index (χ3n) is 5.13. The van der Waals surface area contributed by atoms with Crippen LogP contribution >= 0.6 is 0 Å². The number of aromatic nitrogens is 2. The van der Waals surface area contributed by atoms with E-state index in [4.69, 9.17) is 4.74 Å². The molecule has 148 valence electrons. The molecule has 2 heterocycles. The Morgan fingerprint density at radius 3 is 2.78 bits per heavy atom. The fourth-order valence-electron chi connectivity index (χ4n) is 3.36. The number of hydrogen-bond donors (Lipinski definition) is 1. The van der Waals surface area contributed by atoms with E-state index in [-0.39, 0.29) is 17.7 Å². The Labute approximate surface area is 160 Å². The van der Waals surface area contributed by atoms with E-state index in [1.54, 1.807) is 13.3 Å². The lowest BCUT2D eigenvalue weighted by atomic mass is 9.99. The van der Waals surface area contributed by atoms with Gasteiger partial charge in [-0.2, -0.15) is 0 Å². The van der Waals surface area contributed by atoms with Gasteiger partial charge in [0.2, 0.25) is 11.9 Å². The molecule has 0 bridgehead atoms. The summed E-state index contributed by atoms with van der Waals surface area (Å²) in [4.78, 5) is 37.7. The first kappa shape index (κ1) is 19.5. The molecule has 8 heteroatoms. The molecule has 2 amide bonds. The second-order valence-electron chi connectivity index (χ2n) is 7.58. The predicted molar refractivity (Wildman–Crippen MR) is 102 cm³/mol. The van der Waals surface area contributed by atoms with E-state index in [1.807, 2.05) is 23.9 Å². The maximum atomic E-state index is 12.6. The van der Waals surface area contributed by atoms with Gasteiger partial charge in [0, 0.05) is 59.4 Å². The Kier molecular flexibility index (Phi) is 6.26. The Morgan fingerprint density at radius 2 is 2.11 bits per heavy atom. The number of anilines is 1. The smallest absolute Gasteiger partial charge is 0.254 e. The topological polar surface area (TPSA) is 87.7 Å². The Bertz CT molecular complexity index is 690. The van der Waals surface area contributed by atoms with Gasteiger partial charge in [0.25, 0.3) is 5.91 Å². The van der Waals surface area contributed by atoms with Crippen molar-refractivity contribution < 1.29 is 14.3 Å². The van der Waals surface area contributed by atoms with Gasteiger partial charge in [0.05, 0.1) is 17.9 Å². The van der Waals surface area contributed by atoms with Crippen LogP contribution in [-0.4, -0.2) is 74.1 Å². The third-order valence-corrected chi connectivity index (χ3v) is 5.13. The standard InChI is InChI=1S/C19H29N5O3/c1-23(2)19-21-11-15(18(26)20-7-9-27-3)17(22-19)14-6-8-24(12-14)16(25)10-13-4-5-13/h11,13-14H,4-10,12H2,1-3H3,(H,20,26). The Morgan fingerprint density at radius 1 is 1.33 bits per heavy atom. The summed E-state index contributed by atoms with van der Waals surface area (Å²) in [6.45, 7) is 2.22. The maximum Gasteiger partial charge on any atom is 0.254 e. The maximum absolute atomic E-state index is 12.6. The van der Waals surface area contributed by atoms with E-state index in [9.17, 15) is 9.59 Å². The average Bonchev–Trinajstić information content (AvgIpc) is 3.32. The van der Waals surface area contributed by atoms with Crippen molar-refractivity contribution in [1.29, 1.82) is 0 Å². The van der Waals surface area contributed by atoms with Crippen molar-refractivity contribution >= 4 is 17.8 Å². The van der Waals surface area contributed by atoms with Crippen LogP contribution in [0.25, 0.3) is 0 Å². The first-order valence-corrected chi connectivity index (χ1v) is 9.58. The Balaban J connectivity index is 1.76. The number of ether oxygens (including phenoxy) is 1. The SMILES string of the molecule is COCCNC(=O)c1cnc(N(C)C)nc1C1CCN(C(=O)CC2CC2)C1. The third kappa shape index (κ3) is 4.94. The van der Waals surface area contributed by atoms with Gasteiger partial charge in [-0.15, -0.1) is 0 Å². The van der Waals surface area contributed by atoms with Gasteiger partial charge < -0.3 is 19.9 Å². The summed E-state index contributed by atoms with van der Waals surface area (Å²) in [6.07, 6.45) is 5.41. The number of likely N-dealkylation sites (tertiary alicyclic amines) is 1. The largest absolute Gasteiger partial charge is 0.383 e. The number of carbonyl (C=O) groups excluding carboxylic acids is 2. The van der Waals surface area contributed by atoms with Crippen LogP contribution in [0.4, 0.5) is 5.95 Å². The molecule has 1 aliphatic heterocycles. The molecule has 3 rings (SSSR count).